The van der Waals surface area contributed by atoms with Gasteiger partial charge in [-0.05, 0) is 62.1 Å². The number of nitrogens with one attached hydrogen (secondary N) is 1. The van der Waals surface area contributed by atoms with Gasteiger partial charge in [0, 0.05) is 30.8 Å². The highest BCUT2D eigenvalue weighted by atomic mass is 35.5. The summed E-state index contributed by atoms with van der Waals surface area (Å²) < 4.78 is 43.3. The number of sulfonamides is 1. The summed E-state index contributed by atoms with van der Waals surface area (Å²) in [6, 6.07) is 9.61. The summed E-state index contributed by atoms with van der Waals surface area (Å²) in [5.41, 5.74) is 0. The van der Waals surface area contributed by atoms with Gasteiger partial charge < -0.3 is 14.2 Å². The average molecular weight is 485 g/mol. The molecule has 0 saturated carbocycles. The highest BCUT2D eigenvalue weighted by Crippen LogP contribution is 2.15. The van der Waals surface area contributed by atoms with E-state index in [0.717, 1.165) is 6.42 Å². The third kappa shape index (κ3) is 9.95. The van der Waals surface area contributed by atoms with Crippen molar-refractivity contribution < 1.29 is 27.4 Å². The molecule has 0 saturated heterocycles. The second kappa shape index (κ2) is 14.1. The van der Waals surface area contributed by atoms with E-state index in [4.69, 9.17) is 25.8 Å². The molecule has 176 valence electrons. The molecule has 1 atom stereocenters. The minimum atomic E-state index is -3.59. The number of nitrogens with zero attached hydrogens (tertiary/aromatic N) is 1. The molecule has 2 rings (SSSR count). The highest BCUT2D eigenvalue weighted by molar-refractivity contribution is 7.89. The number of benzene rings is 1. The van der Waals surface area contributed by atoms with Crippen LogP contribution in [0.2, 0.25) is 5.02 Å². The van der Waals surface area contributed by atoms with Crippen LogP contribution in [-0.4, -0.2) is 52.3 Å². The topological polar surface area (TPSA) is 104 Å². The Labute approximate surface area is 194 Å². The van der Waals surface area contributed by atoms with Gasteiger partial charge in [0.05, 0.1) is 30.9 Å². The van der Waals surface area contributed by atoms with E-state index in [1.165, 1.54) is 31.4 Å². The van der Waals surface area contributed by atoms with Gasteiger partial charge in [-0.2, -0.15) is 0 Å². The van der Waals surface area contributed by atoms with E-state index in [1.807, 2.05) is 6.07 Å². The molecule has 32 heavy (non-hydrogen) atoms. The van der Waals surface area contributed by atoms with Gasteiger partial charge in [0.15, 0.2) is 0 Å². The van der Waals surface area contributed by atoms with E-state index in [0.29, 0.717) is 43.2 Å². The van der Waals surface area contributed by atoms with E-state index in [1.54, 1.807) is 18.5 Å². The van der Waals surface area contributed by atoms with Crippen molar-refractivity contribution in [2.75, 3.05) is 26.9 Å². The molecule has 0 fully saturated rings. The number of hydrogen-bond donors (Lipinski definition) is 1. The second-order valence-electron chi connectivity index (χ2n) is 6.99. The van der Waals surface area contributed by atoms with Crippen molar-refractivity contribution in [3.05, 3.63) is 53.8 Å². The first-order valence-corrected chi connectivity index (χ1v) is 12.2. The first kappa shape index (κ1) is 26.1. The summed E-state index contributed by atoms with van der Waals surface area (Å²) in [4.78, 5) is 15.6. The van der Waals surface area contributed by atoms with E-state index < -0.39 is 10.0 Å². The lowest BCUT2D eigenvalue weighted by atomic mass is 10.1. The number of hydrogen-bond acceptors (Lipinski definition) is 7. The fourth-order valence-corrected chi connectivity index (χ4v) is 4.05. The molecule has 0 aliphatic heterocycles. The number of pyridine rings is 1. The summed E-state index contributed by atoms with van der Waals surface area (Å²) >= 11 is 5.80. The maximum absolute atomic E-state index is 12.3. The van der Waals surface area contributed by atoms with Crippen LogP contribution in [-0.2, 0) is 24.3 Å². The van der Waals surface area contributed by atoms with Crippen LogP contribution in [0.5, 0.6) is 5.75 Å². The number of methoxy groups -OCH3 is 1. The zero-order valence-electron chi connectivity index (χ0n) is 18.0. The Kier molecular flexibility index (Phi) is 11.4. The monoisotopic (exact) mass is 484 g/mol. The van der Waals surface area contributed by atoms with Crippen molar-refractivity contribution in [3.8, 4) is 5.75 Å². The lowest BCUT2D eigenvalue weighted by molar-refractivity contribution is -0.141. The van der Waals surface area contributed by atoms with E-state index in [-0.39, 0.29) is 29.9 Å². The molecule has 1 aromatic carbocycles. The molecule has 0 spiro atoms. The van der Waals surface area contributed by atoms with Gasteiger partial charge in [0.1, 0.15) is 5.75 Å². The summed E-state index contributed by atoms with van der Waals surface area (Å²) in [6.45, 7) is 1.10. The van der Waals surface area contributed by atoms with Crippen LogP contribution in [0, 0.1) is 0 Å². The first-order valence-electron chi connectivity index (χ1n) is 10.4. The summed E-state index contributed by atoms with van der Waals surface area (Å²) in [7, 11) is -2.24. The molecule has 10 heteroatoms. The van der Waals surface area contributed by atoms with Crippen molar-refractivity contribution in [2.45, 2.75) is 43.1 Å². The van der Waals surface area contributed by atoms with Gasteiger partial charge in [-0.25, -0.2) is 13.1 Å². The minimum absolute atomic E-state index is 0.153. The maximum Gasteiger partial charge on any atom is 0.305 e. The smallest absolute Gasteiger partial charge is 0.305 e. The second-order valence-corrected chi connectivity index (χ2v) is 9.20. The quantitative estimate of drug-likeness (QED) is 0.304. The molecule has 1 aromatic heterocycles. The van der Waals surface area contributed by atoms with Gasteiger partial charge in [-0.1, -0.05) is 11.6 Å². The predicted octanol–water partition coefficient (Wildman–Crippen LogP) is 3.60. The van der Waals surface area contributed by atoms with Crippen LogP contribution in [0.4, 0.5) is 0 Å². The van der Waals surface area contributed by atoms with Gasteiger partial charge >= 0.3 is 5.97 Å². The normalized spacial score (nSPS) is 12.3. The Morgan fingerprint density at radius 3 is 2.59 bits per heavy atom. The molecule has 0 aliphatic carbocycles. The molecular formula is C22H29ClN2O6S. The molecule has 1 heterocycles. The molecule has 1 unspecified atom stereocenters. The van der Waals surface area contributed by atoms with E-state index >= 15 is 0 Å². The van der Waals surface area contributed by atoms with Crippen LogP contribution in [0.1, 0.15) is 32.1 Å². The Morgan fingerprint density at radius 2 is 1.91 bits per heavy atom. The Balaban J connectivity index is 1.72. The number of carbonyl (C=O) groups excluding carboxylic acids is 1. The van der Waals surface area contributed by atoms with Crippen molar-refractivity contribution >= 4 is 27.6 Å². The molecule has 0 amide bonds. The van der Waals surface area contributed by atoms with Crippen LogP contribution >= 0.6 is 11.6 Å². The number of carbonyl (C=O) groups is 1. The lowest BCUT2D eigenvalue weighted by Crippen LogP contribution is -2.26. The van der Waals surface area contributed by atoms with Crippen molar-refractivity contribution in [3.63, 3.8) is 0 Å². The number of esters is 1. The van der Waals surface area contributed by atoms with Crippen molar-refractivity contribution in [1.29, 1.82) is 0 Å². The molecule has 1 N–H and O–H groups in total. The largest absolute Gasteiger partial charge is 0.492 e. The van der Waals surface area contributed by atoms with Gasteiger partial charge in [-0.15, -0.1) is 0 Å². The summed E-state index contributed by atoms with van der Waals surface area (Å²) in [5.74, 6) is 0.411. The van der Waals surface area contributed by atoms with Crippen LogP contribution < -0.4 is 9.46 Å². The number of rotatable bonds is 15. The standard InChI is InChI=1S/C22H29ClN2O6S/c1-29-22(26)12-9-19(6-3-15-31-20-5-2-13-24-17-20)30-16-4-14-25-32(27,28)21-10-7-18(23)8-11-21/h2,5,7-8,10-11,13,17,19,25H,3-4,6,9,12,14-16H2,1H3. The summed E-state index contributed by atoms with van der Waals surface area (Å²) in [6.07, 6.45) is 5.89. The predicted molar refractivity (Wildman–Crippen MR) is 121 cm³/mol. The Bertz CT molecular complexity index is 910. The van der Waals surface area contributed by atoms with Crippen molar-refractivity contribution in [1.82, 2.24) is 9.71 Å². The third-order valence-corrected chi connectivity index (χ3v) is 6.29. The Hall–Kier alpha value is -2.20. The fraction of sp³-hybridized carbons (Fsp3) is 0.455. The SMILES string of the molecule is COC(=O)CCC(CCCOc1cccnc1)OCCCNS(=O)(=O)c1ccc(Cl)cc1. The zero-order chi connectivity index (χ0) is 23.2. The summed E-state index contributed by atoms with van der Waals surface area (Å²) in [5, 5.41) is 0.473. The van der Waals surface area contributed by atoms with Gasteiger partial charge in [0.2, 0.25) is 10.0 Å². The molecule has 0 aliphatic rings. The van der Waals surface area contributed by atoms with Crippen LogP contribution in [0.3, 0.4) is 0 Å². The third-order valence-electron chi connectivity index (χ3n) is 4.56. The molecule has 0 bridgehead atoms. The number of aromatic nitrogens is 1. The van der Waals surface area contributed by atoms with Crippen LogP contribution in [0.25, 0.3) is 0 Å². The van der Waals surface area contributed by atoms with Crippen molar-refractivity contribution in [2.24, 2.45) is 0 Å². The molecule has 0 radical (unpaired) electrons. The fourth-order valence-electron chi connectivity index (χ4n) is 2.85. The minimum Gasteiger partial charge on any atom is -0.492 e. The van der Waals surface area contributed by atoms with E-state index in [2.05, 4.69) is 9.71 Å². The van der Waals surface area contributed by atoms with Crippen LogP contribution in [0.15, 0.2) is 53.7 Å². The highest BCUT2D eigenvalue weighted by Gasteiger charge is 2.15. The van der Waals surface area contributed by atoms with Gasteiger partial charge in [0.25, 0.3) is 0 Å². The zero-order valence-corrected chi connectivity index (χ0v) is 19.6. The average Bonchev–Trinajstić information content (AvgIpc) is 2.80. The van der Waals surface area contributed by atoms with E-state index in [9.17, 15) is 13.2 Å². The maximum atomic E-state index is 12.3. The molecule has 2 aromatic rings. The number of ether oxygens (including phenoxy) is 3. The number of halogens is 1. The molecular weight excluding hydrogens is 456 g/mol. The first-order chi connectivity index (χ1) is 15.4. The Morgan fingerprint density at radius 1 is 1.12 bits per heavy atom. The van der Waals surface area contributed by atoms with Gasteiger partial charge in [-0.3, -0.25) is 9.78 Å². The molecule has 8 nitrogen and oxygen atoms in total. The lowest BCUT2D eigenvalue weighted by Gasteiger charge is -2.18.